The maximum Gasteiger partial charge on any atom is 0.118 e. The summed E-state index contributed by atoms with van der Waals surface area (Å²) in [5, 5.41) is 22.2. The van der Waals surface area contributed by atoms with Gasteiger partial charge in [0.15, 0.2) is 0 Å². The molecule has 0 saturated carbocycles. The maximum atomic E-state index is 10.5. The van der Waals surface area contributed by atoms with Gasteiger partial charge in [0.25, 0.3) is 0 Å². The molecular formula is C20H26N2O4. The molecule has 1 heterocycles. The number of nitrogens with zero attached hydrogens (tertiary/aromatic N) is 2. The van der Waals surface area contributed by atoms with Crippen molar-refractivity contribution in [3.63, 3.8) is 0 Å². The Morgan fingerprint density at radius 1 is 0.846 bits per heavy atom. The van der Waals surface area contributed by atoms with E-state index in [1.165, 1.54) is 5.06 Å². The van der Waals surface area contributed by atoms with Crippen LogP contribution in [0.4, 0.5) is 0 Å². The smallest absolute Gasteiger partial charge is 0.118 e. The molecule has 0 amide bonds. The molecular weight excluding hydrogens is 332 g/mol. The summed E-state index contributed by atoms with van der Waals surface area (Å²) in [5.41, 5.74) is 2.04. The molecule has 6 heteroatoms. The van der Waals surface area contributed by atoms with Crippen molar-refractivity contribution in [3.8, 4) is 11.5 Å². The molecule has 1 fully saturated rings. The highest BCUT2D eigenvalue weighted by molar-refractivity contribution is 5.32. The molecule has 0 spiro atoms. The van der Waals surface area contributed by atoms with Crippen molar-refractivity contribution in [1.82, 2.24) is 9.96 Å². The van der Waals surface area contributed by atoms with Crippen LogP contribution in [0.2, 0.25) is 0 Å². The molecule has 1 saturated heterocycles. The third-order valence-corrected chi connectivity index (χ3v) is 4.92. The van der Waals surface area contributed by atoms with Gasteiger partial charge in [0.2, 0.25) is 0 Å². The minimum Gasteiger partial charge on any atom is -0.497 e. The summed E-state index contributed by atoms with van der Waals surface area (Å²) >= 11 is 0. The Balaban J connectivity index is 1.95. The van der Waals surface area contributed by atoms with Crippen molar-refractivity contribution in [3.05, 3.63) is 59.7 Å². The zero-order valence-electron chi connectivity index (χ0n) is 15.4. The van der Waals surface area contributed by atoms with Crippen LogP contribution in [0.1, 0.15) is 30.1 Å². The molecule has 1 aliphatic heterocycles. The second kappa shape index (κ2) is 8.05. The summed E-state index contributed by atoms with van der Waals surface area (Å²) in [5.74, 6) is 1.56. The first kappa shape index (κ1) is 18.7. The van der Waals surface area contributed by atoms with E-state index in [2.05, 4.69) is 0 Å². The zero-order chi connectivity index (χ0) is 18.7. The fraction of sp³-hybridized carbons (Fsp3) is 0.400. The van der Waals surface area contributed by atoms with Crippen LogP contribution in [0, 0.1) is 0 Å². The number of aliphatic hydroxyl groups is 1. The lowest BCUT2D eigenvalue weighted by molar-refractivity contribution is -0.182. The fourth-order valence-electron chi connectivity index (χ4n) is 3.61. The molecule has 0 aromatic heterocycles. The standard InChI is InChI=1S/C20H26N2O4/c1-14(23)22-19(15-4-8-17(25-2)9-5-15)12-21(24)13-20(22)16-6-10-18(26-3)11-7-16/h4-11,14,19-20,23-24H,12-13H2,1-3H3. The van der Waals surface area contributed by atoms with Gasteiger partial charge in [-0.3, -0.25) is 4.90 Å². The van der Waals surface area contributed by atoms with E-state index in [1.54, 1.807) is 21.1 Å². The first-order valence-electron chi connectivity index (χ1n) is 8.70. The first-order valence-corrected chi connectivity index (χ1v) is 8.70. The second-order valence-electron chi connectivity index (χ2n) is 6.53. The Bertz CT molecular complexity index is 645. The minimum atomic E-state index is -0.664. The van der Waals surface area contributed by atoms with Crippen LogP contribution >= 0.6 is 0 Å². The van der Waals surface area contributed by atoms with Gasteiger partial charge in [-0.1, -0.05) is 24.3 Å². The number of piperazine rings is 1. The zero-order valence-corrected chi connectivity index (χ0v) is 15.4. The highest BCUT2D eigenvalue weighted by Crippen LogP contribution is 2.38. The molecule has 1 aliphatic rings. The summed E-state index contributed by atoms with van der Waals surface area (Å²) in [6.45, 7) is 2.61. The Morgan fingerprint density at radius 3 is 1.54 bits per heavy atom. The van der Waals surface area contributed by atoms with Crippen molar-refractivity contribution >= 4 is 0 Å². The number of hydrogen-bond donors (Lipinski definition) is 2. The van der Waals surface area contributed by atoms with E-state index in [9.17, 15) is 10.3 Å². The van der Waals surface area contributed by atoms with Gasteiger partial charge in [-0.15, -0.1) is 0 Å². The van der Waals surface area contributed by atoms with E-state index in [0.29, 0.717) is 13.1 Å². The van der Waals surface area contributed by atoms with E-state index in [0.717, 1.165) is 22.6 Å². The van der Waals surface area contributed by atoms with Crippen molar-refractivity contribution in [2.75, 3.05) is 27.3 Å². The number of hydroxylamine groups is 2. The molecule has 3 rings (SSSR count). The molecule has 6 nitrogen and oxygen atoms in total. The number of hydrogen-bond acceptors (Lipinski definition) is 6. The molecule has 2 aromatic carbocycles. The molecule has 2 N–H and O–H groups in total. The number of benzene rings is 2. The molecule has 26 heavy (non-hydrogen) atoms. The Kier molecular flexibility index (Phi) is 5.78. The largest absolute Gasteiger partial charge is 0.497 e. The first-order chi connectivity index (χ1) is 12.5. The lowest BCUT2D eigenvalue weighted by Crippen LogP contribution is -2.52. The summed E-state index contributed by atoms with van der Waals surface area (Å²) in [7, 11) is 3.26. The highest BCUT2D eigenvalue weighted by atomic mass is 16.5. The van der Waals surface area contributed by atoms with Gasteiger partial charge in [0, 0.05) is 13.1 Å². The Hall–Kier alpha value is -2.12. The van der Waals surface area contributed by atoms with Crippen LogP contribution in [-0.4, -0.2) is 53.8 Å². The molecule has 2 aromatic rings. The van der Waals surface area contributed by atoms with Crippen LogP contribution in [0.3, 0.4) is 0 Å². The quantitative estimate of drug-likeness (QED) is 0.857. The number of methoxy groups -OCH3 is 2. The predicted octanol–water partition coefficient (Wildman–Crippen LogP) is 2.83. The van der Waals surface area contributed by atoms with E-state index >= 15 is 0 Å². The molecule has 3 atom stereocenters. The fourth-order valence-corrected chi connectivity index (χ4v) is 3.61. The van der Waals surface area contributed by atoms with Crippen LogP contribution in [0.15, 0.2) is 48.5 Å². The molecule has 0 bridgehead atoms. The normalized spacial score (nSPS) is 22.8. The topological polar surface area (TPSA) is 65.4 Å². The van der Waals surface area contributed by atoms with Crippen LogP contribution < -0.4 is 9.47 Å². The number of ether oxygens (including phenoxy) is 2. The second-order valence-corrected chi connectivity index (χ2v) is 6.53. The lowest BCUT2D eigenvalue weighted by Gasteiger charge is -2.46. The minimum absolute atomic E-state index is 0.147. The van der Waals surface area contributed by atoms with Crippen molar-refractivity contribution < 1.29 is 19.8 Å². The molecule has 140 valence electrons. The monoisotopic (exact) mass is 358 g/mol. The molecule has 0 radical (unpaired) electrons. The summed E-state index contributed by atoms with van der Waals surface area (Å²) in [6, 6.07) is 15.2. The van der Waals surface area contributed by atoms with Crippen LogP contribution in [0.5, 0.6) is 11.5 Å². The maximum absolute atomic E-state index is 10.5. The average Bonchev–Trinajstić information content (AvgIpc) is 2.67. The van der Waals surface area contributed by atoms with E-state index in [4.69, 9.17) is 9.47 Å². The van der Waals surface area contributed by atoms with E-state index < -0.39 is 6.23 Å². The van der Waals surface area contributed by atoms with Gasteiger partial charge in [0.1, 0.15) is 17.7 Å². The van der Waals surface area contributed by atoms with Crippen LogP contribution in [-0.2, 0) is 0 Å². The summed E-state index contributed by atoms with van der Waals surface area (Å²) in [4.78, 5) is 2.04. The molecule has 3 unspecified atom stereocenters. The summed E-state index contributed by atoms with van der Waals surface area (Å²) in [6.07, 6.45) is -0.664. The SMILES string of the molecule is COc1ccc(C2CN(O)CC(c3ccc(OC)cc3)N2C(C)O)cc1. The summed E-state index contributed by atoms with van der Waals surface area (Å²) < 4.78 is 10.5. The van der Waals surface area contributed by atoms with E-state index in [-0.39, 0.29) is 12.1 Å². The van der Waals surface area contributed by atoms with Gasteiger partial charge >= 0.3 is 0 Å². The number of rotatable bonds is 5. The van der Waals surface area contributed by atoms with Crippen LogP contribution in [0.25, 0.3) is 0 Å². The van der Waals surface area contributed by atoms with Gasteiger partial charge in [-0.05, 0) is 42.3 Å². The van der Waals surface area contributed by atoms with Crippen molar-refractivity contribution in [2.45, 2.75) is 25.2 Å². The predicted molar refractivity (Wildman–Crippen MR) is 98.3 cm³/mol. The average molecular weight is 358 g/mol. The third kappa shape index (κ3) is 3.83. The van der Waals surface area contributed by atoms with Gasteiger partial charge < -0.3 is 19.8 Å². The van der Waals surface area contributed by atoms with Crippen molar-refractivity contribution in [1.29, 1.82) is 0 Å². The lowest BCUT2D eigenvalue weighted by atomic mass is 9.95. The Morgan fingerprint density at radius 2 is 1.23 bits per heavy atom. The molecule has 0 aliphatic carbocycles. The highest BCUT2D eigenvalue weighted by Gasteiger charge is 2.38. The van der Waals surface area contributed by atoms with Gasteiger partial charge in [-0.2, -0.15) is 5.06 Å². The van der Waals surface area contributed by atoms with Gasteiger partial charge in [0.05, 0.1) is 26.3 Å². The van der Waals surface area contributed by atoms with E-state index in [1.807, 2.05) is 53.4 Å². The number of aliphatic hydroxyl groups excluding tert-OH is 1. The van der Waals surface area contributed by atoms with Crippen molar-refractivity contribution in [2.24, 2.45) is 0 Å². The Labute approximate surface area is 154 Å². The van der Waals surface area contributed by atoms with Gasteiger partial charge in [-0.25, -0.2) is 0 Å². The third-order valence-electron chi connectivity index (χ3n) is 4.92.